The third-order valence-electron chi connectivity index (χ3n) is 19.2. The molecular formula is C50H77B. The molecule has 16 atom stereocenters. The Bertz CT molecular complexity index is 1330. The molecule has 0 aliphatic heterocycles. The van der Waals surface area contributed by atoms with E-state index in [-0.39, 0.29) is 0 Å². The lowest BCUT2D eigenvalue weighted by Gasteiger charge is -2.63. The molecule has 280 valence electrons. The first-order valence-electron chi connectivity index (χ1n) is 23.6. The summed E-state index contributed by atoms with van der Waals surface area (Å²) in [5, 5.41) is 0. The van der Waals surface area contributed by atoms with Crippen LogP contribution in [0.15, 0.2) is 35.5 Å². The van der Waals surface area contributed by atoms with Crippen LogP contribution in [0.25, 0.3) is 0 Å². The predicted molar refractivity (Wildman–Crippen MR) is 217 cm³/mol. The van der Waals surface area contributed by atoms with E-state index in [0.717, 1.165) is 71.0 Å². The number of allylic oxidation sites excluding steroid dienone is 6. The van der Waals surface area contributed by atoms with Crippen molar-refractivity contribution in [1.29, 1.82) is 0 Å². The normalized spacial score (nSPS) is 51.2. The molecule has 7 saturated carbocycles. The Balaban J connectivity index is 1.18. The van der Waals surface area contributed by atoms with Gasteiger partial charge in [0, 0.05) is 5.92 Å². The lowest BCUT2D eigenvalue weighted by molar-refractivity contribution is -0.139. The van der Waals surface area contributed by atoms with E-state index in [1.54, 1.807) is 0 Å². The minimum absolute atomic E-state index is 0.320. The summed E-state index contributed by atoms with van der Waals surface area (Å²) >= 11 is 0. The van der Waals surface area contributed by atoms with E-state index in [9.17, 15) is 0 Å². The lowest BCUT2D eigenvalue weighted by atomic mass is 9.40. The SMILES string of the molecule is [B]C1CCCCC(C2C3CC(C)CCC3C(C3C=C4CCC=CC4C4CCCCCC4=C3)C3C(C)CCC(C)CC32)C1(C)C1CCCCC12CC2. The van der Waals surface area contributed by atoms with E-state index in [4.69, 9.17) is 7.85 Å². The molecule has 51 heavy (non-hydrogen) atoms. The van der Waals surface area contributed by atoms with Gasteiger partial charge in [0.1, 0.15) is 0 Å². The second-order valence-electron chi connectivity index (χ2n) is 21.8. The van der Waals surface area contributed by atoms with E-state index in [1.165, 1.54) is 148 Å². The Kier molecular flexibility index (Phi) is 10.2. The van der Waals surface area contributed by atoms with Gasteiger partial charge in [0.25, 0.3) is 0 Å². The van der Waals surface area contributed by atoms with Gasteiger partial charge in [0.2, 0.25) is 0 Å². The number of fused-ring (bicyclic) bond motifs is 5. The van der Waals surface area contributed by atoms with Crippen LogP contribution in [0.1, 0.15) is 175 Å². The van der Waals surface area contributed by atoms with Crippen molar-refractivity contribution < 1.29 is 0 Å². The van der Waals surface area contributed by atoms with Gasteiger partial charge in [-0.25, -0.2) is 0 Å². The van der Waals surface area contributed by atoms with Crippen LogP contribution >= 0.6 is 0 Å². The molecular weight excluding hydrogens is 611 g/mol. The summed E-state index contributed by atoms with van der Waals surface area (Å²) in [6, 6.07) is 0. The van der Waals surface area contributed by atoms with E-state index in [0.29, 0.717) is 28.5 Å². The second kappa shape index (κ2) is 14.4. The van der Waals surface area contributed by atoms with Crippen LogP contribution in [0, 0.1) is 93.7 Å². The molecule has 1 spiro atoms. The van der Waals surface area contributed by atoms with Gasteiger partial charge >= 0.3 is 0 Å². The third kappa shape index (κ3) is 6.30. The molecule has 0 amide bonds. The zero-order valence-electron chi connectivity index (χ0n) is 33.8. The summed E-state index contributed by atoms with van der Waals surface area (Å²) in [4.78, 5) is 0. The first-order valence-corrected chi connectivity index (χ1v) is 23.6. The molecule has 2 radical (unpaired) electrons. The van der Waals surface area contributed by atoms with Crippen molar-refractivity contribution in [2.24, 2.45) is 93.7 Å². The molecule has 0 aromatic rings. The summed E-state index contributed by atoms with van der Waals surface area (Å²) in [5.41, 5.74) is 4.75. The smallest absolute Gasteiger partial charge is 0.0707 e. The van der Waals surface area contributed by atoms with Crippen molar-refractivity contribution in [2.75, 3.05) is 0 Å². The number of hydrogen-bond donors (Lipinski definition) is 0. The molecule has 7 fully saturated rings. The molecule has 0 saturated heterocycles. The van der Waals surface area contributed by atoms with E-state index in [2.05, 4.69) is 52.0 Å². The molecule has 0 bridgehead atoms. The van der Waals surface area contributed by atoms with E-state index in [1.807, 2.05) is 11.1 Å². The Morgan fingerprint density at radius 1 is 0.627 bits per heavy atom. The first kappa shape index (κ1) is 36.0. The second-order valence-corrected chi connectivity index (χ2v) is 21.8. The van der Waals surface area contributed by atoms with Crippen LogP contribution in [-0.4, -0.2) is 7.85 Å². The van der Waals surface area contributed by atoms with Crippen molar-refractivity contribution in [2.45, 2.75) is 181 Å². The van der Waals surface area contributed by atoms with Gasteiger partial charge in [-0.1, -0.05) is 133 Å². The summed E-state index contributed by atoms with van der Waals surface area (Å²) < 4.78 is 0. The van der Waals surface area contributed by atoms with Crippen molar-refractivity contribution >= 4 is 7.85 Å². The largest absolute Gasteiger partial charge is 0.0876 e. The molecule has 0 aromatic carbocycles. The number of rotatable bonds is 3. The fourth-order valence-corrected chi connectivity index (χ4v) is 16.9. The highest BCUT2D eigenvalue weighted by atomic mass is 14.7. The van der Waals surface area contributed by atoms with E-state index >= 15 is 0 Å². The molecule has 9 rings (SSSR count). The highest BCUT2D eigenvalue weighted by Crippen LogP contribution is 2.72. The van der Waals surface area contributed by atoms with Gasteiger partial charge in [0.15, 0.2) is 0 Å². The molecule has 0 heterocycles. The van der Waals surface area contributed by atoms with Gasteiger partial charge in [-0.05, 0) is 171 Å². The fraction of sp³-hybridized carbons (Fsp3) is 0.880. The minimum Gasteiger partial charge on any atom is -0.0876 e. The molecule has 1 heteroatoms. The van der Waals surface area contributed by atoms with Crippen LogP contribution in [0.5, 0.6) is 0 Å². The molecule has 16 unspecified atom stereocenters. The van der Waals surface area contributed by atoms with Gasteiger partial charge in [-0.2, -0.15) is 0 Å². The summed E-state index contributed by atoms with van der Waals surface area (Å²) in [6.45, 7) is 11.0. The monoisotopic (exact) mass is 689 g/mol. The Morgan fingerprint density at radius 3 is 2.22 bits per heavy atom. The molecule has 9 aliphatic rings. The highest BCUT2D eigenvalue weighted by molar-refractivity contribution is 6.12. The summed E-state index contributed by atoms with van der Waals surface area (Å²) in [6.07, 6.45) is 44.6. The molecule has 9 aliphatic carbocycles. The maximum Gasteiger partial charge on any atom is 0.0707 e. The zero-order chi connectivity index (χ0) is 34.9. The van der Waals surface area contributed by atoms with Crippen LogP contribution in [0.2, 0.25) is 5.82 Å². The van der Waals surface area contributed by atoms with Gasteiger partial charge in [-0.15, -0.1) is 0 Å². The van der Waals surface area contributed by atoms with Gasteiger partial charge in [-0.3, -0.25) is 0 Å². The van der Waals surface area contributed by atoms with Crippen molar-refractivity contribution in [3.8, 4) is 0 Å². The minimum atomic E-state index is 0.320. The van der Waals surface area contributed by atoms with Crippen LogP contribution in [0.4, 0.5) is 0 Å². The average molecular weight is 689 g/mol. The van der Waals surface area contributed by atoms with Crippen LogP contribution in [-0.2, 0) is 0 Å². The standard InChI is InChI=1S/C50H77B/c1-32-21-23-34(3)46-42(29-32)48(43-18-10-11-20-45(51)49(43,4)44-19-12-13-25-50(44)26-27-50)41-28-33(2)22-24-40(41)47(46)37-30-35-14-6-5-7-16-38(35)39-17-9-8-15-36(39)31-37/h9,17,30-34,37-48H,5-8,10-16,18-29H2,1-4H3. The van der Waals surface area contributed by atoms with Crippen molar-refractivity contribution in [3.05, 3.63) is 35.5 Å². The first-order chi connectivity index (χ1) is 24.8. The van der Waals surface area contributed by atoms with Crippen LogP contribution < -0.4 is 0 Å². The summed E-state index contributed by atoms with van der Waals surface area (Å²) in [7, 11) is 7.72. The third-order valence-corrected chi connectivity index (χ3v) is 19.2. The average Bonchev–Trinajstić information content (AvgIpc) is 3.97. The zero-order valence-corrected chi connectivity index (χ0v) is 33.8. The van der Waals surface area contributed by atoms with Crippen molar-refractivity contribution in [3.63, 3.8) is 0 Å². The van der Waals surface area contributed by atoms with Crippen molar-refractivity contribution in [1.82, 2.24) is 0 Å². The Morgan fingerprint density at radius 2 is 1.37 bits per heavy atom. The maximum absolute atomic E-state index is 7.72. The predicted octanol–water partition coefficient (Wildman–Crippen LogP) is 14.1. The number of hydrogen-bond acceptors (Lipinski definition) is 0. The van der Waals surface area contributed by atoms with Gasteiger partial charge < -0.3 is 0 Å². The van der Waals surface area contributed by atoms with E-state index < -0.39 is 0 Å². The van der Waals surface area contributed by atoms with Gasteiger partial charge in [0.05, 0.1) is 7.85 Å². The highest BCUT2D eigenvalue weighted by Gasteiger charge is 2.64. The molecule has 0 nitrogen and oxygen atoms in total. The lowest BCUT2D eigenvalue weighted by Crippen LogP contribution is -2.57. The molecule has 0 N–H and O–H groups in total. The molecule has 0 aromatic heterocycles. The Hall–Kier alpha value is -0.715. The fourth-order valence-electron chi connectivity index (χ4n) is 16.9. The quantitative estimate of drug-likeness (QED) is 0.157. The summed E-state index contributed by atoms with van der Waals surface area (Å²) in [5.74, 6) is 12.3. The topological polar surface area (TPSA) is 0 Å². The Labute approximate surface area is 317 Å². The van der Waals surface area contributed by atoms with Crippen LogP contribution in [0.3, 0.4) is 0 Å². The maximum atomic E-state index is 7.72.